The molecule has 0 atom stereocenters. The summed E-state index contributed by atoms with van der Waals surface area (Å²) in [7, 11) is 0. The molecule has 2 aromatic rings. The van der Waals surface area contributed by atoms with Crippen LogP contribution in [0.3, 0.4) is 0 Å². The Morgan fingerprint density at radius 3 is 2.71 bits per heavy atom. The molecule has 0 saturated heterocycles. The summed E-state index contributed by atoms with van der Waals surface area (Å²) in [5.41, 5.74) is 5.76. The summed E-state index contributed by atoms with van der Waals surface area (Å²) in [5.74, 6) is -0.276. The normalized spacial score (nSPS) is 11.8. The van der Waals surface area contributed by atoms with Crippen LogP contribution < -0.4 is 5.73 Å². The van der Waals surface area contributed by atoms with Crippen LogP contribution in [-0.4, -0.2) is 29.5 Å². The highest BCUT2D eigenvalue weighted by atomic mass is 19.4. The fourth-order valence-electron chi connectivity index (χ4n) is 1.50. The lowest BCUT2D eigenvalue weighted by Gasteiger charge is -2.05. The van der Waals surface area contributed by atoms with Crippen molar-refractivity contribution in [3.8, 4) is 11.5 Å². The Morgan fingerprint density at radius 1 is 1.29 bits per heavy atom. The van der Waals surface area contributed by atoms with Gasteiger partial charge in [-0.2, -0.15) is 18.2 Å². The van der Waals surface area contributed by atoms with Gasteiger partial charge in [-0.25, -0.2) is 4.39 Å². The lowest BCUT2D eigenvalue weighted by Crippen LogP contribution is -2.18. The van der Waals surface area contributed by atoms with Gasteiger partial charge in [0.05, 0.1) is 12.3 Å². The maximum Gasteiger partial charge on any atom is 0.411 e. The quantitative estimate of drug-likeness (QED) is 0.522. The van der Waals surface area contributed by atoms with Crippen molar-refractivity contribution < 1.29 is 26.8 Å². The van der Waals surface area contributed by atoms with Gasteiger partial charge >= 0.3 is 6.18 Å². The molecule has 0 unspecified atom stereocenters. The van der Waals surface area contributed by atoms with Crippen LogP contribution in [0.15, 0.2) is 22.7 Å². The van der Waals surface area contributed by atoms with Crippen LogP contribution in [-0.2, 0) is 11.2 Å². The third-order valence-corrected chi connectivity index (χ3v) is 2.45. The Balaban J connectivity index is 1.93. The molecule has 114 valence electrons. The first-order chi connectivity index (χ1) is 9.85. The van der Waals surface area contributed by atoms with E-state index in [1.54, 1.807) is 0 Å². The molecule has 0 saturated carbocycles. The highest BCUT2D eigenvalue weighted by molar-refractivity contribution is 5.59. The van der Waals surface area contributed by atoms with E-state index in [0.717, 1.165) is 6.07 Å². The molecule has 2 rings (SSSR count). The van der Waals surface area contributed by atoms with Gasteiger partial charge in [0.25, 0.3) is 5.89 Å². The van der Waals surface area contributed by atoms with Crippen molar-refractivity contribution in [2.24, 2.45) is 0 Å². The third-order valence-electron chi connectivity index (χ3n) is 2.45. The minimum atomic E-state index is -4.37. The smallest absolute Gasteiger partial charge is 0.396 e. The monoisotopic (exact) mass is 305 g/mol. The molecule has 1 heterocycles. The lowest BCUT2D eigenvalue weighted by atomic mass is 10.2. The maximum absolute atomic E-state index is 13.0. The minimum absolute atomic E-state index is 0.0657. The Bertz CT molecular complexity index is 613. The van der Waals surface area contributed by atoms with Gasteiger partial charge in [-0.05, 0) is 18.2 Å². The summed E-state index contributed by atoms with van der Waals surface area (Å²) in [5, 5.41) is 3.60. The maximum atomic E-state index is 13.0. The van der Waals surface area contributed by atoms with Crippen molar-refractivity contribution in [3.63, 3.8) is 0 Å². The van der Waals surface area contributed by atoms with Crippen molar-refractivity contribution in [2.75, 3.05) is 18.9 Å². The van der Waals surface area contributed by atoms with E-state index in [9.17, 15) is 17.6 Å². The molecule has 1 aromatic carbocycles. The van der Waals surface area contributed by atoms with Crippen LogP contribution in [0, 0.1) is 5.82 Å². The summed E-state index contributed by atoms with van der Waals surface area (Å²) < 4.78 is 58.0. The van der Waals surface area contributed by atoms with E-state index >= 15 is 0 Å². The van der Waals surface area contributed by atoms with E-state index in [-0.39, 0.29) is 30.4 Å². The number of hydrogen-bond acceptors (Lipinski definition) is 5. The molecule has 0 aliphatic heterocycles. The molecular weight excluding hydrogens is 294 g/mol. The number of nitrogen functional groups attached to an aromatic ring is 1. The predicted molar refractivity (Wildman–Crippen MR) is 64.7 cm³/mol. The number of ether oxygens (including phenoxy) is 1. The van der Waals surface area contributed by atoms with Crippen molar-refractivity contribution >= 4 is 5.69 Å². The summed E-state index contributed by atoms with van der Waals surface area (Å²) in [6, 6.07) is 3.89. The zero-order chi connectivity index (χ0) is 15.5. The van der Waals surface area contributed by atoms with E-state index in [2.05, 4.69) is 14.9 Å². The molecule has 0 spiro atoms. The van der Waals surface area contributed by atoms with Gasteiger partial charge in [0.1, 0.15) is 12.4 Å². The Morgan fingerprint density at radius 2 is 2.05 bits per heavy atom. The minimum Gasteiger partial charge on any atom is -0.396 e. The zero-order valence-electron chi connectivity index (χ0n) is 10.7. The second-order valence-corrected chi connectivity index (χ2v) is 4.17. The summed E-state index contributed by atoms with van der Waals surface area (Å²) in [6.07, 6.45) is -4.30. The molecule has 0 radical (unpaired) electrons. The fraction of sp³-hybridized carbons (Fsp3) is 0.333. The lowest BCUT2D eigenvalue weighted by molar-refractivity contribution is -0.173. The van der Waals surface area contributed by atoms with Gasteiger partial charge in [0.15, 0.2) is 5.82 Å². The van der Waals surface area contributed by atoms with E-state index < -0.39 is 18.6 Å². The highest BCUT2D eigenvalue weighted by Gasteiger charge is 2.27. The summed E-state index contributed by atoms with van der Waals surface area (Å²) >= 11 is 0. The number of alkyl halides is 3. The third kappa shape index (κ3) is 4.42. The Hall–Kier alpha value is -2.16. The van der Waals surface area contributed by atoms with Crippen LogP contribution in [0.1, 0.15) is 5.82 Å². The SMILES string of the molecule is Nc1cc(-c2nc(CCOCC(F)(F)F)no2)ccc1F. The van der Waals surface area contributed by atoms with Crippen LogP contribution in [0.2, 0.25) is 0 Å². The van der Waals surface area contributed by atoms with Crippen LogP contribution in [0.25, 0.3) is 11.5 Å². The molecule has 0 aliphatic rings. The van der Waals surface area contributed by atoms with Gasteiger partial charge in [-0.1, -0.05) is 5.16 Å². The first-order valence-electron chi connectivity index (χ1n) is 5.87. The molecule has 0 amide bonds. The summed E-state index contributed by atoms with van der Waals surface area (Å²) in [6.45, 7) is -1.52. The van der Waals surface area contributed by atoms with Crippen LogP contribution >= 0.6 is 0 Å². The van der Waals surface area contributed by atoms with E-state index in [1.807, 2.05) is 0 Å². The molecule has 0 fully saturated rings. The molecule has 9 heteroatoms. The number of nitrogens with two attached hydrogens (primary N) is 1. The van der Waals surface area contributed by atoms with Crippen LogP contribution in [0.4, 0.5) is 23.2 Å². The number of anilines is 1. The molecule has 0 bridgehead atoms. The molecule has 2 N–H and O–H groups in total. The molecule has 21 heavy (non-hydrogen) atoms. The molecule has 5 nitrogen and oxygen atoms in total. The van der Waals surface area contributed by atoms with Crippen molar-refractivity contribution in [1.29, 1.82) is 0 Å². The summed E-state index contributed by atoms with van der Waals surface area (Å²) in [4.78, 5) is 3.97. The number of rotatable bonds is 5. The molecular formula is C12H11F4N3O2. The Kier molecular flexibility index (Phi) is 4.41. The van der Waals surface area contributed by atoms with Gasteiger partial charge in [-0.15, -0.1) is 0 Å². The van der Waals surface area contributed by atoms with E-state index in [4.69, 9.17) is 10.3 Å². The number of halogens is 4. The number of aromatic nitrogens is 2. The van der Waals surface area contributed by atoms with Gasteiger partial charge in [0, 0.05) is 12.0 Å². The van der Waals surface area contributed by atoms with E-state index in [0.29, 0.717) is 5.56 Å². The average molecular weight is 305 g/mol. The van der Waals surface area contributed by atoms with E-state index in [1.165, 1.54) is 12.1 Å². The Labute approximate surface area is 116 Å². The topological polar surface area (TPSA) is 74.2 Å². The zero-order valence-corrected chi connectivity index (χ0v) is 10.7. The largest absolute Gasteiger partial charge is 0.411 e. The predicted octanol–water partition coefficient (Wildman–Crippen LogP) is 2.58. The van der Waals surface area contributed by atoms with Crippen molar-refractivity contribution in [2.45, 2.75) is 12.6 Å². The fourth-order valence-corrected chi connectivity index (χ4v) is 1.50. The number of nitrogens with zero attached hydrogens (tertiary/aromatic N) is 2. The average Bonchev–Trinajstić information content (AvgIpc) is 2.86. The van der Waals surface area contributed by atoms with Crippen LogP contribution in [0.5, 0.6) is 0 Å². The second kappa shape index (κ2) is 6.08. The molecule has 0 aliphatic carbocycles. The second-order valence-electron chi connectivity index (χ2n) is 4.17. The molecule has 1 aromatic heterocycles. The van der Waals surface area contributed by atoms with Gasteiger partial charge in [-0.3, -0.25) is 0 Å². The highest BCUT2D eigenvalue weighted by Crippen LogP contribution is 2.22. The first-order valence-corrected chi connectivity index (χ1v) is 5.87. The van der Waals surface area contributed by atoms with Crippen molar-refractivity contribution in [1.82, 2.24) is 10.1 Å². The van der Waals surface area contributed by atoms with Gasteiger partial charge in [0.2, 0.25) is 0 Å². The number of benzene rings is 1. The first kappa shape index (κ1) is 15.2. The standard InChI is InChI=1S/C12H11F4N3O2/c13-8-2-1-7(5-9(8)17)11-18-10(19-21-11)3-4-20-6-12(14,15)16/h1-2,5H,3-4,6,17H2. The van der Waals surface area contributed by atoms with Gasteiger partial charge < -0.3 is 15.0 Å². The van der Waals surface area contributed by atoms with Crippen molar-refractivity contribution in [3.05, 3.63) is 29.8 Å². The number of hydrogen-bond donors (Lipinski definition) is 1.